The van der Waals surface area contributed by atoms with E-state index in [0.717, 1.165) is 50.3 Å². The van der Waals surface area contributed by atoms with Gasteiger partial charge in [-0.25, -0.2) is 13.2 Å². The molecule has 0 radical (unpaired) electrons. The lowest BCUT2D eigenvalue weighted by molar-refractivity contribution is -0.275. The quantitative estimate of drug-likeness (QED) is 0.427. The van der Waals surface area contributed by atoms with E-state index in [0.29, 0.717) is 11.5 Å². The van der Waals surface area contributed by atoms with Crippen molar-refractivity contribution in [3.8, 4) is 5.75 Å². The Labute approximate surface area is 172 Å². The molecule has 1 aliphatic carbocycles. The van der Waals surface area contributed by atoms with Crippen molar-refractivity contribution in [2.75, 3.05) is 0 Å². The highest BCUT2D eigenvalue weighted by Gasteiger charge is 2.32. The first kappa shape index (κ1) is 22.5. The van der Waals surface area contributed by atoms with Crippen LogP contribution in [0.15, 0.2) is 30.3 Å². The standard InChI is InChI=1S/C23H24F6O/c1-2-3-14-4-7-16(8-5-14)17-12-19(24)18(20(25)13-17)10-15-6-9-22(21(26)11-15)30-23(27,28)29/h6,9,11-14,16H,2-5,7-8,10H2,1H3. The number of hydrogen-bond donors (Lipinski definition) is 0. The van der Waals surface area contributed by atoms with Crippen LogP contribution in [0.3, 0.4) is 0 Å². The molecule has 0 atom stereocenters. The van der Waals surface area contributed by atoms with Crippen molar-refractivity contribution in [3.63, 3.8) is 0 Å². The van der Waals surface area contributed by atoms with Gasteiger partial charge in [-0.2, -0.15) is 0 Å². The number of rotatable bonds is 6. The van der Waals surface area contributed by atoms with E-state index in [1.165, 1.54) is 18.6 Å². The SMILES string of the molecule is CCCC1CCC(c2cc(F)c(Cc3ccc(OC(F)(F)F)c(F)c3)c(F)c2)CC1. The summed E-state index contributed by atoms with van der Waals surface area (Å²) >= 11 is 0. The van der Waals surface area contributed by atoms with Gasteiger partial charge in [-0.3, -0.25) is 0 Å². The van der Waals surface area contributed by atoms with Crippen molar-refractivity contribution < 1.29 is 31.1 Å². The summed E-state index contributed by atoms with van der Waals surface area (Å²) in [6, 6.07) is 5.42. The zero-order chi connectivity index (χ0) is 21.9. The Morgan fingerprint density at radius 3 is 2.07 bits per heavy atom. The highest BCUT2D eigenvalue weighted by atomic mass is 19.4. The molecule has 0 aromatic heterocycles. The summed E-state index contributed by atoms with van der Waals surface area (Å²) in [6.07, 6.45) is 0.916. The Morgan fingerprint density at radius 2 is 1.53 bits per heavy atom. The molecule has 0 N–H and O–H groups in total. The van der Waals surface area contributed by atoms with Gasteiger partial charge in [0.05, 0.1) is 0 Å². The Morgan fingerprint density at radius 1 is 0.900 bits per heavy atom. The van der Waals surface area contributed by atoms with Gasteiger partial charge in [0.25, 0.3) is 0 Å². The molecule has 0 unspecified atom stereocenters. The van der Waals surface area contributed by atoms with E-state index in [4.69, 9.17) is 0 Å². The molecule has 0 spiro atoms. The second-order valence-corrected chi connectivity index (χ2v) is 7.96. The van der Waals surface area contributed by atoms with Gasteiger partial charge in [0, 0.05) is 12.0 Å². The maximum Gasteiger partial charge on any atom is 0.573 e. The summed E-state index contributed by atoms with van der Waals surface area (Å²) < 4.78 is 83.4. The molecule has 164 valence electrons. The molecule has 0 saturated heterocycles. The van der Waals surface area contributed by atoms with Gasteiger partial charge in [-0.05, 0) is 72.9 Å². The minimum atomic E-state index is -5.02. The largest absolute Gasteiger partial charge is 0.573 e. The molecule has 1 aliphatic rings. The third-order valence-electron chi connectivity index (χ3n) is 5.78. The molecule has 0 bridgehead atoms. The number of benzene rings is 2. The zero-order valence-electron chi connectivity index (χ0n) is 16.7. The number of hydrogen-bond acceptors (Lipinski definition) is 1. The predicted molar refractivity (Wildman–Crippen MR) is 102 cm³/mol. The summed E-state index contributed by atoms with van der Waals surface area (Å²) in [5.41, 5.74) is 0.541. The van der Waals surface area contributed by atoms with Crippen LogP contribution in [0, 0.1) is 23.4 Å². The minimum absolute atomic E-state index is 0.118. The van der Waals surface area contributed by atoms with Crippen LogP contribution in [0.5, 0.6) is 5.75 Å². The third-order valence-corrected chi connectivity index (χ3v) is 5.78. The molecule has 30 heavy (non-hydrogen) atoms. The van der Waals surface area contributed by atoms with Gasteiger partial charge < -0.3 is 4.74 Å². The van der Waals surface area contributed by atoms with Crippen molar-refractivity contribution in [1.29, 1.82) is 0 Å². The fourth-order valence-corrected chi connectivity index (χ4v) is 4.29. The molecule has 0 aliphatic heterocycles. The lowest BCUT2D eigenvalue weighted by Crippen LogP contribution is -2.18. The molecule has 1 fully saturated rings. The van der Waals surface area contributed by atoms with Crippen molar-refractivity contribution >= 4 is 0 Å². The van der Waals surface area contributed by atoms with Crippen LogP contribution in [0.25, 0.3) is 0 Å². The fourth-order valence-electron chi connectivity index (χ4n) is 4.29. The molecular formula is C23H24F6O. The maximum atomic E-state index is 14.6. The van der Waals surface area contributed by atoms with Gasteiger partial charge in [0.1, 0.15) is 11.6 Å². The van der Waals surface area contributed by atoms with Gasteiger partial charge in [0.2, 0.25) is 0 Å². The minimum Gasteiger partial charge on any atom is -0.403 e. The average Bonchev–Trinajstić information content (AvgIpc) is 2.66. The first-order valence-corrected chi connectivity index (χ1v) is 10.2. The van der Waals surface area contributed by atoms with Gasteiger partial charge in [-0.1, -0.05) is 25.8 Å². The highest BCUT2D eigenvalue weighted by Crippen LogP contribution is 2.38. The van der Waals surface area contributed by atoms with Crippen molar-refractivity contribution in [2.24, 2.45) is 5.92 Å². The monoisotopic (exact) mass is 430 g/mol. The number of alkyl halides is 3. The van der Waals surface area contributed by atoms with E-state index in [9.17, 15) is 26.3 Å². The lowest BCUT2D eigenvalue weighted by Gasteiger charge is -2.29. The summed E-state index contributed by atoms with van der Waals surface area (Å²) in [6.45, 7) is 2.15. The van der Waals surface area contributed by atoms with E-state index >= 15 is 0 Å². The van der Waals surface area contributed by atoms with Crippen LogP contribution in [-0.2, 0) is 6.42 Å². The smallest absolute Gasteiger partial charge is 0.403 e. The zero-order valence-corrected chi connectivity index (χ0v) is 16.7. The second kappa shape index (κ2) is 9.31. The van der Waals surface area contributed by atoms with Crippen LogP contribution >= 0.6 is 0 Å². The van der Waals surface area contributed by atoms with Gasteiger partial charge >= 0.3 is 6.36 Å². The fraction of sp³-hybridized carbons (Fsp3) is 0.478. The van der Waals surface area contributed by atoms with Gasteiger partial charge in [0.15, 0.2) is 11.6 Å². The van der Waals surface area contributed by atoms with E-state index in [1.54, 1.807) is 0 Å². The van der Waals surface area contributed by atoms with Crippen molar-refractivity contribution in [3.05, 3.63) is 64.5 Å². The molecular weight excluding hydrogens is 406 g/mol. The third kappa shape index (κ3) is 5.70. The predicted octanol–water partition coefficient (Wildman–Crippen LogP) is 7.67. The van der Waals surface area contributed by atoms with Crippen LogP contribution in [0.1, 0.15) is 68.1 Å². The Kier molecular flexibility index (Phi) is 6.98. The summed E-state index contributed by atoms with van der Waals surface area (Å²) in [5, 5.41) is 0. The normalized spacial score (nSPS) is 19.7. The Hall–Kier alpha value is -2.18. The van der Waals surface area contributed by atoms with Crippen molar-refractivity contribution in [1.82, 2.24) is 0 Å². The molecule has 3 rings (SSSR count). The number of halogens is 6. The highest BCUT2D eigenvalue weighted by molar-refractivity contribution is 5.36. The van der Waals surface area contributed by atoms with E-state index in [2.05, 4.69) is 11.7 Å². The Balaban J connectivity index is 1.73. The first-order valence-electron chi connectivity index (χ1n) is 10.2. The first-order chi connectivity index (χ1) is 14.2. The Bertz CT molecular complexity index is 845. The topological polar surface area (TPSA) is 9.23 Å². The van der Waals surface area contributed by atoms with E-state index < -0.39 is 29.6 Å². The lowest BCUT2D eigenvalue weighted by atomic mass is 9.77. The summed E-state index contributed by atoms with van der Waals surface area (Å²) in [5.74, 6) is -2.88. The molecule has 7 heteroatoms. The molecule has 0 amide bonds. The van der Waals surface area contributed by atoms with E-state index in [-0.39, 0.29) is 23.5 Å². The van der Waals surface area contributed by atoms with Crippen LogP contribution in [-0.4, -0.2) is 6.36 Å². The molecule has 1 nitrogen and oxygen atoms in total. The van der Waals surface area contributed by atoms with Crippen LogP contribution in [0.4, 0.5) is 26.3 Å². The molecule has 0 heterocycles. The van der Waals surface area contributed by atoms with Crippen molar-refractivity contribution in [2.45, 2.75) is 64.1 Å². The van der Waals surface area contributed by atoms with Crippen LogP contribution in [0.2, 0.25) is 0 Å². The molecule has 2 aromatic carbocycles. The maximum absolute atomic E-state index is 14.6. The van der Waals surface area contributed by atoms with Crippen LogP contribution < -0.4 is 4.74 Å². The summed E-state index contributed by atoms with van der Waals surface area (Å²) in [7, 11) is 0. The second-order valence-electron chi connectivity index (χ2n) is 7.96. The van der Waals surface area contributed by atoms with Gasteiger partial charge in [-0.15, -0.1) is 13.2 Å². The molecule has 1 saturated carbocycles. The summed E-state index contributed by atoms with van der Waals surface area (Å²) in [4.78, 5) is 0. The number of ether oxygens (including phenoxy) is 1. The van der Waals surface area contributed by atoms with E-state index in [1.807, 2.05) is 0 Å². The average molecular weight is 430 g/mol. The molecule has 2 aromatic rings.